The van der Waals surface area contributed by atoms with E-state index in [1.54, 1.807) is 13.1 Å². The van der Waals surface area contributed by atoms with Gasteiger partial charge in [-0.25, -0.2) is 0 Å². The fraction of sp³-hybridized carbons (Fsp3) is 0.643. The summed E-state index contributed by atoms with van der Waals surface area (Å²) in [6.07, 6.45) is 2.91. The molecule has 1 aromatic heterocycles. The maximum Gasteiger partial charge on any atom is 0.141 e. The van der Waals surface area contributed by atoms with Gasteiger partial charge in [0.25, 0.3) is 0 Å². The molecule has 1 heterocycles. The summed E-state index contributed by atoms with van der Waals surface area (Å²) in [6.45, 7) is 6.29. The second-order valence-electron chi connectivity index (χ2n) is 4.89. The number of aromatic hydroxyl groups is 1. The Labute approximate surface area is 114 Å². The van der Waals surface area contributed by atoms with Crippen LogP contribution < -0.4 is 5.32 Å². The van der Waals surface area contributed by atoms with Crippen molar-refractivity contribution in [3.8, 4) is 5.75 Å². The van der Waals surface area contributed by atoms with Crippen LogP contribution in [0.4, 0.5) is 0 Å². The summed E-state index contributed by atoms with van der Waals surface area (Å²) in [5.74, 6) is 0.107. The zero-order valence-electron chi connectivity index (χ0n) is 11.9. The van der Waals surface area contributed by atoms with Crippen molar-refractivity contribution in [2.75, 3.05) is 6.54 Å². The minimum atomic E-state index is -0.725. The van der Waals surface area contributed by atoms with E-state index < -0.39 is 5.60 Å². The molecule has 0 spiro atoms. The zero-order chi connectivity index (χ0) is 14.5. The van der Waals surface area contributed by atoms with Gasteiger partial charge < -0.3 is 20.6 Å². The summed E-state index contributed by atoms with van der Waals surface area (Å²) in [4.78, 5) is 4.01. The molecule has 5 heteroatoms. The molecule has 0 unspecified atom stereocenters. The van der Waals surface area contributed by atoms with Gasteiger partial charge in [-0.1, -0.05) is 13.8 Å². The number of nitrogens with zero attached hydrogens (tertiary/aromatic N) is 1. The highest BCUT2D eigenvalue weighted by atomic mass is 16.3. The van der Waals surface area contributed by atoms with Crippen LogP contribution in [0.2, 0.25) is 0 Å². The van der Waals surface area contributed by atoms with Crippen LogP contribution in [0.15, 0.2) is 6.20 Å². The molecule has 1 aromatic rings. The van der Waals surface area contributed by atoms with Crippen molar-refractivity contribution in [2.45, 2.75) is 52.4 Å². The molecule has 108 valence electrons. The Morgan fingerprint density at radius 2 is 1.95 bits per heavy atom. The lowest BCUT2D eigenvalue weighted by Gasteiger charge is -2.25. The van der Waals surface area contributed by atoms with E-state index in [1.807, 2.05) is 13.8 Å². The highest BCUT2D eigenvalue weighted by Gasteiger charge is 2.21. The Morgan fingerprint density at radius 3 is 2.47 bits per heavy atom. The Kier molecular flexibility index (Phi) is 5.72. The fourth-order valence-corrected chi connectivity index (χ4v) is 1.94. The summed E-state index contributed by atoms with van der Waals surface area (Å²) >= 11 is 0. The van der Waals surface area contributed by atoms with Crippen molar-refractivity contribution in [3.63, 3.8) is 0 Å². The number of aliphatic hydroxyl groups excluding tert-OH is 1. The number of hydrogen-bond acceptors (Lipinski definition) is 5. The fourth-order valence-electron chi connectivity index (χ4n) is 1.94. The molecule has 0 amide bonds. The molecule has 4 N–H and O–H groups in total. The van der Waals surface area contributed by atoms with E-state index in [2.05, 4.69) is 10.3 Å². The predicted molar refractivity (Wildman–Crippen MR) is 73.8 cm³/mol. The Balaban J connectivity index is 2.75. The number of rotatable bonds is 7. The zero-order valence-corrected chi connectivity index (χ0v) is 11.9. The number of hydrogen-bond donors (Lipinski definition) is 4. The molecule has 1 rings (SSSR count). The lowest BCUT2D eigenvalue weighted by molar-refractivity contribution is 0.0322. The second kappa shape index (κ2) is 6.84. The van der Waals surface area contributed by atoms with Gasteiger partial charge in [0.1, 0.15) is 5.75 Å². The molecule has 0 fully saturated rings. The average molecular weight is 268 g/mol. The van der Waals surface area contributed by atoms with Crippen LogP contribution in [0.1, 0.15) is 43.5 Å². The van der Waals surface area contributed by atoms with E-state index in [-0.39, 0.29) is 12.4 Å². The summed E-state index contributed by atoms with van der Waals surface area (Å²) < 4.78 is 0. The summed E-state index contributed by atoms with van der Waals surface area (Å²) in [6, 6.07) is 0. The van der Waals surface area contributed by atoms with E-state index in [0.717, 1.165) is 0 Å². The quantitative estimate of drug-likeness (QED) is 0.597. The van der Waals surface area contributed by atoms with E-state index >= 15 is 0 Å². The van der Waals surface area contributed by atoms with Gasteiger partial charge >= 0.3 is 0 Å². The van der Waals surface area contributed by atoms with Crippen molar-refractivity contribution < 1.29 is 15.3 Å². The highest BCUT2D eigenvalue weighted by molar-refractivity contribution is 5.40. The molecule has 0 aliphatic rings. The number of aromatic nitrogens is 1. The molecular weight excluding hydrogens is 244 g/mol. The predicted octanol–water partition coefficient (Wildman–Crippen LogP) is 1.23. The Bertz CT molecular complexity index is 417. The largest absolute Gasteiger partial charge is 0.506 e. The molecule has 0 aromatic carbocycles. The lowest BCUT2D eigenvalue weighted by Crippen LogP contribution is -2.39. The van der Waals surface area contributed by atoms with Crippen LogP contribution >= 0.6 is 0 Å². The van der Waals surface area contributed by atoms with Crippen molar-refractivity contribution in [1.29, 1.82) is 0 Å². The minimum Gasteiger partial charge on any atom is -0.506 e. The Morgan fingerprint density at radius 1 is 1.32 bits per heavy atom. The third kappa shape index (κ3) is 3.89. The van der Waals surface area contributed by atoms with Crippen molar-refractivity contribution in [2.24, 2.45) is 0 Å². The molecule has 0 atom stereocenters. The van der Waals surface area contributed by atoms with E-state index in [9.17, 15) is 15.3 Å². The van der Waals surface area contributed by atoms with E-state index in [1.165, 1.54) is 0 Å². The highest BCUT2D eigenvalue weighted by Crippen LogP contribution is 2.24. The van der Waals surface area contributed by atoms with Gasteiger partial charge in [0.2, 0.25) is 0 Å². The van der Waals surface area contributed by atoms with Crippen LogP contribution in [-0.4, -0.2) is 32.4 Å². The lowest BCUT2D eigenvalue weighted by atomic mass is 9.97. The van der Waals surface area contributed by atoms with E-state index in [0.29, 0.717) is 42.8 Å². The first-order valence-electron chi connectivity index (χ1n) is 6.67. The normalized spacial score (nSPS) is 11.8. The van der Waals surface area contributed by atoms with Crippen molar-refractivity contribution in [1.82, 2.24) is 10.3 Å². The number of aliphatic hydroxyl groups is 2. The molecular formula is C14H24N2O3. The first-order chi connectivity index (χ1) is 8.97. The summed E-state index contributed by atoms with van der Waals surface area (Å²) in [5.41, 5.74) is 1.06. The van der Waals surface area contributed by atoms with Crippen LogP contribution in [0.3, 0.4) is 0 Å². The van der Waals surface area contributed by atoms with Crippen LogP contribution in [0.5, 0.6) is 5.75 Å². The standard InChI is InChI=1S/C14H24N2O3/c1-4-14(19,5-2)9-15-7-12-11(8-17)6-16-10(3)13(12)18/h6,15,17-19H,4-5,7-9H2,1-3H3. The van der Waals surface area contributed by atoms with Crippen LogP contribution in [0.25, 0.3) is 0 Å². The summed E-state index contributed by atoms with van der Waals surface area (Å²) in [7, 11) is 0. The maximum absolute atomic E-state index is 10.2. The first kappa shape index (κ1) is 15.9. The molecule has 0 aliphatic carbocycles. The van der Waals surface area contributed by atoms with Gasteiger partial charge in [-0.3, -0.25) is 4.98 Å². The van der Waals surface area contributed by atoms with Crippen molar-refractivity contribution >= 4 is 0 Å². The monoisotopic (exact) mass is 268 g/mol. The van der Waals surface area contributed by atoms with Crippen LogP contribution in [-0.2, 0) is 13.2 Å². The average Bonchev–Trinajstić information content (AvgIpc) is 2.43. The first-order valence-corrected chi connectivity index (χ1v) is 6.67. The second-order valence-corrected chi connectivity index (χ2v) is 4.89. The Hall–Kier alpha value is -1.17. The molecule has 5 nitrogen and oxygen atoms in total. The SMILES string of the molecule is CCC(O)(CC)CNCc1c(CO)cnc(C)c1O. The minimum absolute atomic E-state index is 0.107. The number of pyridine rings is 1. The number of aryl methyl sites for hydroxylation is 1. The van der Waals surface area contributed by atoms with Crippen molar-refractivity contribution in [3.05, 3.63) is 23.0 Å². The summed E-state index contributed by atoms with van der Waals surface area (Å²) in [5, 5.41) is 32.5. The van der Waals surface area contributed by atoms with Gasteiger partial charge in [0.15, 0.2) is 0 Å². The maximum atomic E-state index is 10.2. The van der Waals surface area contributed by atoms with Crippen LogP contribution in [0, 0.1) is 6.92 Å². The topological polar surface area (TPSA) is 85.6 Å². The molecule has 0 saturated heterocycles. The molecule has 0 saturated carbocycles. The van der Waals surface area contributed by atoms with E-state index in [4.69, 9.17) is 0 Å². The molecule has 19 heavy (non-hydrogen) atoms. The van der Waals surface area contributed by atoms with Gasteiger partial charge in [-0.15, -0.1) is 0 Å². The molecule has 0 radical (unpaired) electrons. The van der Waals surface area contributed by atoms with Gasteiger partial charge in [-0.05, 0) is 19.8 Å². The van der Waals surface area contributed by atoms with Gasteiger partial charge in [0, 0.05) is 30.4 Å². The molecule has 0 aliphatic heterocycles. The smallest absolute Gasteiger partial charge is 0.141 e. The van der Waals surface area contributed by atoms with Gasteiger partial charge in [0.05, 0.1) is 17.9 Å². The molecule has 0 bridgehead atoms. The third-order valence-corrected chi connectivity index (χ3v) is 3.67. The number of nitrogens with one attached hydrogen (secondary N) is 1. The third-order valence-electron chi connectivity index (χ3n) is 3.67. The van der Waals surface area contributed by atoms with Gasteiger partial charge in [-0.2, -0.15) is 0 Å².